The second-order valence-corrected chi connectivity index (χ2v) is 3.92. The van der Waals surface area contributed by atoms with Crippen molar-refractivity contribution >= 4 is 11.6 Å². The highest BCUT2D eigenvalue weighted by Gasteiger charge is 2.18. The molecule has 1 aliphatic rings. The van der Waals surface area contributed by atoms with Crippen molar-refractivity contribution < 1.29 is 4.57 Å². The van der Waals surface area contributed by atoms with Crippen LogP contribution in [0.3, 0.4) is 0 Å². The van der Waals surface area contributed by atoms with Crippen molar-refractivity contribution in [3.05, 3.63) is 18.2 Å². The van der Waals surface area contributed by atoms with Gasteiger partial charge in [0.1, 0.15) is 0 Å². The monoisotopic (exact) mass is 192 g/mol. The Kier molecular flexibility index (Phi) is 2.57. The minimum absolute atomic E-state index is 0.827. The van der Waals surface area contributed by atoms with Gasteiger partial charge in [0, 0.05) is 12.1 Å². The molecule has 0 unspecified atom stereocenters. The molecule has 1 aliphatic heterocycles. The van der Waals surface area contributed by atoms with Crippen LogP contribution in [0.5, 0.6) is 0 Å². The van der Waals surface area contributed by atoms with Gasteiger partial charge in [-0.05, 0) is 25.3 Å². The van der Waals surface area contributed by atoms with Crippen LogP contribution in [0.4, 0.5) is 11.6 Å². The lowest BCUT2D eigenvalue weighted by Crippen LogP contribution is -2.43. The van der Waals surface area contributed by atoms with Crippen LogP contribution in [0.1, 0.15) is 19.3 Å². The molecule has 0 saturated carbocycles. The highest BCUT2D eigenvalue weighted by Crippen LogP contribution is 2.16. The van der Waals surface area contributed by atoms with Gasteiger partial charge < -0.3 is 5.73 Å². The molecule has 0 bridgehead atoms. The molecule has 0 aromatic carbocycles. The summed E-state index contributed by atoms with van der Waals surface area (Å²) >= 11 is 0. The van der Waals surface area contributed by atoms with Crippen molar-refractivity contribution in [2.24, 2.45) is 7.05 Å². The molecule has 3 nitrogen and oxygen atoms in total. The van der Waals surface area contributed by atoms with Gasteiger partial charge in [-0.25, -0.2) is 4.57 Å². The van der Waals surface area contributed by atoms with Gasteiger partial charge in [0.15, 0.2) is 0 Å². The second-order valence-electron chi connectivity index (χ2n) is 3.92. The second kappa shape index (κ2) is 3.86. The SMILES string of the molecule is C[n+]1c(N)cccc1N1CCCCC1. The van der Waals surface area contributed by atoms with E-state index in [2.05, 4.69) is 15.5 Å². The maximum Gasteiger partial charge on any atom is 0.223 e. The van der Waals surface area contributed by atoms with Gasteiger partial charge in [-0.15, -0.1) is 0 Å². The Balaban J connectivity index is 2.26. The molecule has 1 aromatic rings. The van der Waals surface area contributed by atoms with Crippen LogP contribution in [0.2, 0.25) is 0 Å². The summed E-state index contributed by atoms with van der Waals surface area (Å²) in [7, 11) is 2.03. The van der Waals surface area contributed by atoms with Crippen LogP contribution in [0.25, 0.3) is 0 Å². The number of hydrogen-bond donors (Lipinski definition) is 1. The smallest absolute Gasteiger partial charge is 0.223 e. The summed E-state index contributed by atoms with van der Waals surface area (Å²) in [5, 5.41) is 0. The summed E-state index contributed by atoms with van der Waals surface area (Å²) < 4.78 is 2.06. The van der Waals surface area contributed by atoms with E-state index in [0.717, 1.165) is 18.9 Å². The zero-order valence-corrected chi connectivity index (χ0v) is 8.74. The van der Waals surface area contributed by atoms with Crippen molar-refractivity contribution in [3.63, 3.8) is 0 Å². The van der Waals surface area contributed by atoms with Crippen LogP contribution >= 0.6 is 0 Å². The fourth-order valence-electron chi connectivity index (χ4n) is 2.03. The van der Waals surface area contributed by atoms with E-state index >= 15 is 0 Å². The van der Waals surface area contributed by atoms with Gasteiger partial charge in [0.05, 0.1) is 20.1 Å². The third-order valence-electron chi connectivity index (χ3n) is 2.92. The molecule has 2 heterocycles. The Labute approximate surface area is 85.1 Å². The molecule has 0 spiro atoms. The Morgan fingerprint density at radius 3 is 2.64 bits per heavy atom. The topological polar surface area (TPSA) is 33.1 Å². The van der Waals surface area contributed by atoms with E-state index in [1.165, 1.54) is 25.1 Å². The first-order valence-electron chi connectivity index (χ1n) is 5.28. The predicted molar refractivity (Wildman–Crippen MR) is 58.1 cm³/mol. The van der Waals surface area contributed by atoms with Gasteiger partial charge in [0.2, 0.25) is 11.6 Å². The largest absolute Gasteiger partial charge is 0.319 e. The lowest BCUT2D eigenvalue weighted by Gasteiger charge is -2.25. The molecular weight excluding hydrogens is 174 g/mol. The van der Waals surface area contributed by atoms with Crippen LogP contribution in [0.15, 0.2) is 18.2 Å². The van der Waals surface area contributed by atoms with E-state index < -0.39 is 0 Å². The van der Waals surface area contributed by atoms with E-state index in [-0.39, 0.29) is 0 Å². The fourth-order valence-corrected chi connectivity index (χ4v) is 2.03. The number of nitrogens with two attached hydrogens (primary N) is 1. The minimum atomic E-state index is 0.827. The summed E-state index contributed by atoms with van der Waals surface area (Å²) in [5.41, 5.74) is 5.86. The summed E-state index contributed by atoms with van der Waals surface area (Å²) in [6, 6.07) is 6.11. The van der Waals surface area contributed by atoms with Crippen molar-refractivity contribution in [1.82, 2.24) is 0 Å². The van der Waals surface area contributed by atoms with E-state index in [1.807, 2.05) is 19.2 Å². The third kappa shape index (κ3) is 1.67. The zero-order chi connectivity index (χ0) is 9.97. The normalized spacial score (nSPS) is 17.1. The van der Waals surface area contributed by atoms with E-state index in [0.29, 0.717) is 0 Å². The summed E-state index contributed by atoms with van der Waals surface area (Å²) in [6.45, 7) is 2.33. The minimum Gasteiger partial charge on any atom is -0.319 e. The molecule has 1 saturated heterocycles. The number of hydrogen-bond acceptors (Lipinski definition) is 2. The van der Waals surface area contributed by atoms with Gasteiger partial charge >= 0.3 is 0 Å². The maximum atomic E-state index is 5.86. The Bertz CT molecular complexity index is 316. The van der Waals surface area contributed by atoms with Crippen molar-refractivity contribution in [3.8, 4) is 0 Å². The molecule has 0 aliphatic carbocycles. The summed E-state index contributed by atoms with van der Waals surface area (Å²) in [5.74, 6) is 2.07. The highest BCUT2D eigenvalue weighted by molar-refractivity contribution is 5.37. The Morgan fingerprint density at radius 1 is 1.21 bits per heavy atom. The van der Waals surface area contributed by atoms with Gasteiger partial charge in [0.25, 0.3) is 0 Å². The van der Waals surface area contributed by atoms with E-state index in [4.69, 9.17) is 5.73 Å². The lowest BCUT2D eigenvalue weighted by atomic mass is 10.1. The molecule has 0 radical (unpaired) electrons. The van der Waals surface area contributed by atoms with Crippen molar-refractivity contribution in [1.29, 1.82) is 0 Å². The number of rotatable bonds is 1. The number of anilines is 2. The Hall–Kier alpha value is -1.25. The van der Waals surface area contributed by atoms with Crippen LogP contribution in [-0.2, 0) is 7.05 Å². The summed E-state index contributed by atoms with van der Waals surface area (Å²) in [4.78, 5) is 2.42. The molecule has 0 amide bonds. The van der Waals surface area contributed by atoms with Crippen LogP contribution < -0.4 is 15.2 Å². The molecule has 1 aromatic heterocycles. The maximum absolute atomic E-state index is 5.86. The highest BCUT2D eigenvalue weighted by atomic mass is 15.2. The fraction of sp³-hybridized carbons (Fsp3) is 0.545. The molecule has 1 fully saturated rings. The first kappa shape index (κ1) is 9.31. The molecule has 3 heteroatoms. The molecule has 14 heavy (non-hydrogen) atoms. The average Bonchev–Trinajstić information content (AvgIpc) is 2.23. The van der Waals surface area contributed by atoms with Crippen LogP contribution in [-0.4, -0.2) is 13.1 Å². The lowest BCUT2D eigenvalue weighted by molar-refractivity contribution is -0.644. The molecule has 0 atom stereocenters. The molecule has 2 rings (SSSR count). The van der Waals surface area contributed by atoms with Gasteiger partial charge in [-0.3, -0.25) is 4.90 Å². The van der Waals surface area contributed by atoms with E-state index in [1.54, 1.807) is 0 Å². The van der Waals surface area contributed by atoms with Crippen molar-refractivity contribution in [2.45, 2.75) is 19.3 Å². The van der Waals surface area contributed by atoms with Gasteiger partial charge in [-0.1, -0.05) is 0 Å². The first-order chi connectivity index (χ1) is 6.79. The third-order valence-corrected chi connectivity index (χ3v) is 2.92. The first-order valence-corrected chi connectivity index (χ1v) is 5.28. The summed E-state index contributed by atoms with van der Waals surface area (Å²) in [6.07, 6.45) is 3.96. The zero-order valence-electron chi connectivity index (χ0n) is 8.74. The number of nitrogen functional groups attached to an aromatic ring is 1. The van der Waals surface area contributed by atoms with Crippen LogP contribution in [0, 0.1) is 0 Å². The number of nitrogens with zero attached hydrogens (tertiary/aromatic N) is 2. The van der Waals surface area contributed by atoms with Crippen molar-refractivity contribution in [2.75, 3.05) is 23.7 Å². The number of pyridine rings is 1. The Morgan fingerprint density at radius 2 is 1.93 bits per heavy atom. The quantitative estimate of drug-likeness (QED) is 0.676. The molecule has 2 N–H and O–H groups in total. The molecular formula is C11H18N3+. The number of aromatic nitrogens is 1. The standard InChI is InChI=1S/C11H17N3/c1-13-10(12)6-5-7-11(13)14-8-3-2-4-9-14/h5-7,12H,2-4,8-9H2,1H3/p+1. The number of piperidine rings is 1. The van der Waals surface area contributed by atoms with Gasteiger partial charge in [-0.2, -0.15) is 0 Å². The predicted octanol–water partition coefficient (Wildman–Crippen LogP) is 1.08. The van der Waals surface area contributed by atoms with E-state index in [9.17, 15) is 0 Å². The average molecular weight is 192 g/mol. The molecule has 76 valence electrons.